The van der Waals surface area contributed by atoms with E-state index in [0.717, 1.165) is 22.7 Å². The molecule has 20 heavy (non-hydrogen) atoms. The fraction of sp³-hybridized carbons (Fsp3) is 0.176. The Bertz CT molecular complexity index is 714. The van der Waals surface area contributed by atoms with Crippen LogP contribution in [-0.4, -0.2) is 9.97 Å². The molecule has 2 aromatic heterocycles. The lowest BCUT2D eigenvalue weighted by molar-refractivity contribution is 1.12. The van der Waals surface area contributed by atoms with Crippen molar-refractivity contribution in [1.82, 2.24) is 9.97 Å². The maximum atomic E-state index is 4.77. The van der Waals surface area contributed by atoms with Gasteiger partial charge in [-0.25, -0.2) is 4.98 Å². The predicted octanol–water partition coefficient (Wildman–Crippen LogP) is 4.74. The predicted molar refractivity (Wildman–Crippen MR) is 84.9 cm³/mol. The Morgan fingerprint density at radius 3 is 2.65 bits per heavy atom. The third kappa shape index (κ3) is 2.49. The molecule has 0 aliphatic carbocycles. The molecule has 0 bridgehead atoms. The molecule has 2 nitrogen and oxygen atoms in total. The Hall–Kier alpha value is -2.00. The number of pyridine rings is 1. The Labute approximate surface area is 123 Å². The minimum atomic E-state index is 0.997. The number of rotatable bonds is 3. The maximum Gasteiger partial charge on any atom is 0.125 e. The van der Waals surface area contributed by atoms with E-state index < -0.39 is 0 Å². The zero-order chi connectivity index (χ0) is 13.9. The quantitative estimate of drug-likeness (QED) is 0.692. The summed E-state index contributed by atoms with van der Waals surface area (Å²) in [6.45, 7) is 4.26. The van der Waals surface area contributed by atoms with Gasteiger partial charge in [0.15, 0.2) is 0 Å². The minimum Gasteiger partial charge on any atom is -0.264 e. The lowest BCUT2D eigenvalue weighted by Gasteiger charge is -2.03. The summed E-state index contributed by atoms with van der Waals surface area (Å²) < 4.78 is 0. The molecule has 0 saturated heterocycles. The Balaban J connectivity index is 2.00. The van der Waals surface area contributed by atoms with Crippen molar-refractivity contribution in [3.63, 3.8) is 0 Å². The zero-order valence-corrected chi connectivity index (χ0v) is 12.4. The maximum absolute atomic E-state index is 4.77. The molecule has 1 aromatic carbocycles. The summed E-state index contributed by atoms with van der Waals surface area (Å²) in [5.74, 6) is 0. The molecule has 0 spiro atoms. The van der Waals surface area contributed by atoms with Crippen LogP contribution in [0.15, 0.2) is 48.1 Å². The average molecular weight is 280 g/mol. The second-order valence-electron chi connectivity index (χ2n) is 4.79. The van der Waals surface area contributed by atoms with Crippen LogP contribution in [0.3, 0.4) is 0 Å². The van der Waals surface area contributed by atoms with Crippen LogP contribution in [0.4, 0.5) is 0 Å². The van der Waals surface area contributed by atoms with E-state index >= 15 is 0 Å². The van der Waals surface area contributed by atoms with Crippen LogP contribution in [0.5, 0.6) is 0 Å². The van der Waals surface area contributed by atoms with Gasteiger partial charge in [-0.2, -0.15) is 0 Å². The average Bonchev–Trinajstić information content (AvgIpc) is 2.97. The molecule has 0 fully saturated rings. The molecule has 0 amide bonds. The van der Waals surface area contributed by atoms with Gasteiger partial charge in [0.25, 0.3) is 0 Å². The van der Waals surface area contributed by atoms with Crippen LogP contribution in [0.1, 0.15) is 18.1 Å². The monoisotopic (exact) mass is 280 g/mol. The van der Waals surface area contributed by atoms with Crippen LogP contribution in [0, 0.1) is 6.92 Å². The van der Waals surface area contributed by atoms with Gasteiger partial charge in [-0.15, -0.1) is 11.3 Å². The van der Waals surface area contributed by atoms with Gasteiger partial charge in [-0.05, 0) is 25.0 Å². The summed E-state index contributed by atoms with van der Waals surface area (Å²) in [5, 5.41) is 3.16. The second kappa shape index (κ2) is 5.55. The molecule has 0 aliphatic heterocycles. The number of aryl methyl sites for hydroxylation is 2. The van der Waals surface area contributed by atoms with Gasteiger partial charge >= 0.3 is 0 Å². The fourth-order valence-electron chi connectivity index (χ4n) is 2.18. The third-order valence-corrected chi connectivity index (χ3v) is 4.25. The molecule has 3 heteroatoms. The molecule has 0 unspecified atom stereocenters. The number of hydrogen-bond donors (Lipinski definition) is 0. The van der Waals surface area contributed by atoms with Crippen LogP contribution < -0.4 is 0 Å². The van der Waals surface area contributed by atoms with Crippen molar-refractivity contribution in [1.29, 1.82) is 0 Å². The summed E-state index contributed by atoms with van der Waals surface area (Å²) in [6.07, 6.45) is 4.75. The van der Waals surface area contributed by atoms with Crippen LogP contribution >= 0.6 is 11.3 Å². The van der Waals surface area contributed by atoms with Crippen molar-refractivity contribution in [3.8, 4) is 21.8 Å². The topological polar surface area (TPSA) is 25.8 Å². The lowest BCUT2D eigenvalue weighted by atomic mass is 10.1. The Morgan fingerprint density at radius 1 is 1.10 bits per heavy atom. The van der Waals surface area contributed by atoms with E-state index in [0.29, 0.717) is 0 Å². The van der Waals surface area contributed by atoms with Gasteiger partial charge in [0, 0.05) is 28.9 Å². The molecule has 3 aromatic rings. The molecule has 2 heterocycles. The van der Waals surface area contributed by atoms with E-state index in [1.807, 2.05) is 12.4 Å². The van der Waals surface area contributed by atoms with Crippen molar-refractivity contribution in [2.45, 2.75) is 20.3 Å². The highest BCUT2D eigenvalue weighted by molar-refractivity contribution is 7.13. The Kier molecular flexibility index (Phi) is 3.61. The van der Waals surface area contributed by atoms with Gasteiger partial charge < -0.3 is 0 Å². The second-order valence-corrected chi connectivity index (χ2v) is 5.65. The number of benzene rings is 1. The lowest BCUT2D eigenvalue weighted by Crippen LogP contribution is -1.88. The highest BCUT2D eigenvalue weighted by Gasteiger charge is 2.09. The molecule has 0 N–H and O–H groups in total. The third-order valence-electron chi connectivity index (χ3n) is 3.37. The summed E-state index contributed by atoms with van der Waals surface area (Å²) in [5.41, 5.74) is 5.92. The van der Waals surface area contributed by atoms with Crippen LogP contribution in [-0.2, 0) is 6.42 Å². The van der Waals surface area contributed by atoms with Gasteiger partial charge in [-0.3, -0.25) is 4.98 Å². The molecule has 0 radical (unpaired) electrons. The first-order chi connectivity index (χ1) is 9.78. The fourth-order valence-corrected chi connectivity index (χ4v) is 3.05. The molecule has 0 atom stereocenters. The minimum absolute atomic E-state index is 0.997. The highest BCUT2D eigenvalue weighted by atomic mass is 32.1. The Morgan fingerprint density at radius 2 is 1.90 bits per heavy atom. The summed E-state index contributed by atoms with van der Waals surface area (Å²) in [6, 6.07) is 10.6. The largest absolute Gasteiger partial charge is 0.264 e. The van der Waals surface area contributed by atoms with E-state index in [2.05, 4.69) is 54.5 Å². The molecular formula is C17H16N2S. The van der Waals surface area contributed by atoms with E-state index in [4.69, 9.17) is 4.98 Å². The smallest absolute Gasteiger partial charge is 0.125 e. The van der Waals surface area contributed by atoms with Crippen molar-refractivity contribution in [2.24, 2.45) is 0 Å². The van der Waals surface area contributed by atoms with Crippen LogP contribution in [0.2, 0.25) is 0 Å². The normalized spacial score (nSPS) is 10.7. The van der Waals surface area contributed by atoms with Crippen molar-refractivity contribution in [3.05, 3.63) is 59.2 Å². The zero-order valence-electron chi connectivity index (χ0n) is 11.6. The van der Waals surface area contributed by atoms with Crippen molar-refractivity contribution < 1.29 is 0 Å². The van der Waals surface area contributed by atoms with Gasteiger partial charge in [0.05, 0.1) is 5.69 Å². The van der Waals surface area contributed by atoms with Crippen molar-refractivity contribution in [2.75, 3.05) is 0 Å². The summed E-state index contributed by atoms with van der Waals surface area (Å²) >= 11 is 1.68. The number of thiazole rings is 1. The standard InChI is InChI=1S/C17H16N2S/c1-3-13-8-9-18-10-15(13)17-19-16(11-20-17)14-6-4-12(2)5-7-14/h4-11H,3H2,1-2H3. The van der Waals surface area contributed by atoms with E-state index in [1.54, 1.807) is 11.3 Å². The first-order valence-electron chi connectivity index (χ1n) is 6.73. The summed E-state index contributed by atoms with van der Waals surface area (Å²) in [7, 11) is 0. The van der Waals surface area contributed by atoms with Crippen molar-refractivity contribution >= 4 is 11.3 Å². The molecule has 3 rings (SSSR count). The highest BCUT2D eigenvalue weighted by Crippen LogP contribution is 2.30. The molecule has 0 saturated carbocycles. The van der Waals surface area contributed by atoms with Gasteiger partial charge in [-0.1, -0.05) is 36.8 Å². The number of nitrogens with zero attached hydrogens (tertiary/aromatic N) is 2. The van der Waals surface area contributed by atoms with Gasteiger partial charge in [0.2, 0.25) is 0 Å². The molecule has 0 aliphatic rings. The first kappa shape index (κ1) is 13.0. The van der Waals surface area contributed by atoms with E-state index in [-0.39, 0.29) is 0 Å². The SMILES string of the molecule is CCc1ccncc1-c1nc(-c2ccc(C)cc2)cs1. The summed E-state index contributed by atoms with van der Waals surface area (Å²) in [4.78, 5) is 9.00. The van der Waals surface area contributed by atoms with Gasteiger partial charge in [0.1, 0.15) is 5.01 Å². The van der Waals surface area contributed by atoms with E-state index in [9.17, 15) is 0 Å². The van der Waals surface area contributed by atoms with E-state index in [1.165, 1.54) is 16.7 Å². The van der Waals surface area contributed by atoms with Crippen LogP contribution in [0.25, 0.3) is 21.8 Å². The molecular weight excluding hydrogens is 264 g/mol. The first-order valence-corrected chi connectivity index (χ1v) is 7.61. The number of hydrogen-bond acceptors (Lipinski definition) is 3. The number of aromatic nitrogens is 2. The molecule has 100 valence electrons.